The van der Waals surface area contributed by atoms with Gasteiger partial charge in [0.25, 0.3) is 5.91 Å². The molecule has 1 saturated heterocycles. The van der Waals surface area contributed by atoms with Crippen LogP contribution in [0.1, 0.15) is 12.0 Å². The number of carboxylic acid groups (broad SMARTS) is 1. The van der Waals surface area contributed by atoms with Gasteiger partial charge in [-0.2, -0.15) is 0 Å². The van der Waals surface area contributed by atoms with Crippen LogP contribution in [0.15, 0.2) is 53.9 Å². The molecule has 0 saturated carbocycles. The fourth-order valence-electron chi connectivity index (χ4n) is 5.60. The van der Waals surface area contributed by atoms with Gasteiger partial charge in [-0.25, -0.2) is 4.79 Å². The summed E-state index contributed by atoms with van der Waals surface area (Å²) >= 11 is 0. The minimum Gasteiger partial charge on any atom is -0.480 e. The number of aliphatic hydroxyl groups is 5. The standard InChI is InChI=1S/C27H32N2O11/c30-9-12-5-6-15-16(11-38-26(20(12)15)40-27-23(34)22(33)21(32)19(10-31)39-27)24(35)29-18(25(36)37)7-13-8-28-17-4-2-1-3-14(13)17/h1-5,8,11,15,18-23,26-28,30-34H,6-7,9-10H2,(H,29,35)(H,36,37)/t15-,18-,19-,20-,21-,22+,23-,26+,27+/m1/s1. The molecule has 3 aliphatic rings. The topological polar surface area (TPSA) is 211 Å². The second-order valence-electron chi connectivity index (χ2n) is 10.1. The van der Waals surface area contributed by atoms with Crippen molar-refractivity contribution in [3.05, 3.63) is 59.5 Å². The predicted molar refractivity (Wildman–Crippen MR) is 136 cm³/mol. The van der Waals surface area contributed by atoms with E-state index in [4.69, 9.17) is 14.2 Å². The number of carbonyl (C=O) groups excluding carboxylic acids is 1. The Balaban J connectivity index is 1.33. The number of amides is 1. The molecule has 0 radical (unpaired) electrons. The largest absolute Gasteiger partial charge is 0.480 e. The lowest BCUT2D eigenvalue weighted by atomic mass is 9.83. The Bertz CT molecular complexity index is 1300. The van der Waals surface area contributed by atoms with Crippen molar-refractivity contribution in [3.63, 3.8) is 0 Å². The van der Waals surface area contributed by atoms with Crippen LogP contribution in [0.4, 0.5) is 0 Å². The Morgan fingerprint density at radius 3 is 2.60 bits per heavy atom. The van der Waals surface area contributed by atoms with Crippen LogP contribution < -0.4 is 5.32 Å². The molecule has 1 aliphatic carbocycles. The Morgan fingerprint density at radius 1 is 1.10 bits per heavy atom. The maximum absolute atomic E-state index is 13.3. The highest BCUT2D eigenvalue weighted by molar-refractivity contribution is 5.97. The zero-order valence-corrected chi connectivity index (χ0v) is 21.3. The number of aliphatic carboxylic acids is 1. The first-order valence-electron chi connectivity index (χ1n) is 12.9. The van der Waals surface area contributed by atoms with Crippen LogP contribution in [-0.2, 0) is 30.2 Å². The summed E-state index contributed by atoms with van der Waals surface area (Å²) in [7, 11) is 0. The van der Waals surface area contributed by atoms with Crippen LogP contribution in [0.3, 0.4) is 0 Å². The van der Waals surface area contributed by atoms with Gasteiger partial charge in [0.05, 0.1) is 31.0 Å². The zero-order valence-electron chi connectivity index (χ0n) is 21.3. The third-order valence-corrected chi connectivity index (χ3v) is 7.78. The Morgan fingerprint density at radius 2 is 1.88 bits per heavy atom. The fourth-order valence-corrected chi connectivity index (χ4v) is 5.60. The number of aromatic amines is 1. The number of fused-ring (bicyclic) bond motifs is 2. The molecule has 2 aromatic rings. The predicted octanol–water partition coefficient (Wildman–Crippen LogP) is -1.11. The van der Waals surface area contributed by atoms with Crippen molar-refractivity contribution in [3.8, 4) is 0 Å². The molecule has 3 heterocycles. The van der Waals surface area contributed by atoms with Gasteiger partial charge in [0.15, 0.2) is 6.29 Å². The summed E-state index contributed by atoms with van der Waals surface area (Å²) in [5.41, 5.74) is 2.24. The summed E-state index contributed by atoms with van der Waals surface area (Å²) in [5, 5.41) is 63.2. The molecule has 8 N–H and O–H groups in total. The number of aliphatic hydroxyl groups excluding tert-OH is 5. The van der Waals surface area contributed by atoms with E-state index >= 15 is 0 Å². The zero-order chi connectivity index (χ0) is 28.6. The molecule has 1 amide bonds. The minimum absolute atomic E-state index is 0.0380. The average Bonchev–Trinajstić information content (AvgIpc) is 3.57. The first-order chi connectivity index (χ1) is 19.2. The third-order valence-electron chi connectivity index (χ3n) is 7.78. The van der Waals surface area contributed by atoms with E-state index in [0.29, 0.717) is 12.0 Å². The molecular formula is C27H32N2O11. The molecule has 13 heteroatoms. The van der Waals surface area contributed by atoms with Gasteiger partial charge in [-0.3, -0.25) is 4.79 Å². The van der Waals surface area contributed by atoms with Crippen LogP contribution in [0.25, 0.3) is 10.9 Å². The van der Waals surface area contributed by atoms with Crippen molar-refractivity contribution >= 4 is 22.8 Å². The maximum atomic E-state index is 13.3. The van der Waals surface area contributed by atoms with E-state index in [2.05, 4.69) is 10.3 Å². The molecule has 0 unspecified atom stereocenters. The minimum atomic E-state index is -1.67. The molecule has 0 spiro atoms. The third kappa shape index (κ3) is 5.24. The number of nitrogens with one attached hydrogen (secondary N) is 2. The molecule has 5 rings (SSSR count). The molecule has 1 aromatic carbocycles. The van der Waals surface area contributed by atoms with E-state index in [-0.39, 0.29) is 18.6 Å². The lowest BCUT2D eigenvalue weighted by Crippen LogP contribution is -2.60. The smallest absolute Gasteiger partial charge is 0.326 e. The maximum Gasteiger partial charge on any atom is 0.326 e. The summed E-state index contributed by atoms with van der Waals surface area (Å²) in [4.78, 5) is 28.5. The van der Waals surface area contributed by atoms with Crippen LogP contribution in [-0.4, -0.2) is 104 Å². The second kappa shape index (κ2) is 11.7. The van der Waals surface area contributed by atoms with E-state index in [9.17, 15) is 40.2 Å². The van der Waals surface area contributed by atoms with Crippen molar-refractivity contribution in [2.45, 2.75) is 55.9 Å². The normalized spacial score (nSPS) is 32.5. The van der Waals surface area contributed by atoms with Gasteiger partial charge in [0.1, 0.15) is 30.5 Å². The van der Waals surface area contributed by atoms with Gasteiger partial charge in [-0.1, -0.05) is 24.3 Å². The lowest BCUT2D eigenvalue weighted by molar-refractivity contribution is -0.339. The second-order valence-corrected chi connectivity index (χ2v) is 10.1. The summed E-state index contributed by atoms with van der Waals surface area (Å²) in [5.74, 6) is -3.11. The van der Waals surface area contributed by atoms with Crippen molar-refractivity contribution in [1.82, 2.24) is 10.3 Å². The summed E-state index contributed by atoms with van der Waals surface area (Å²) < 4.78 is 16.9. The van der Waals surface area contributed by atoms with Crippen LogP contribution in [0.5, 0.6) is 0 Å². The SMILES string of the molecule is O=C(N[C@H](Cc1c[nH]c2ccccc12)C(=O)O)C1=CO[C@@H](O[C@@H]2O[C@H](CO)[C@@H](O)[C@H](O)[C@H]2O)[C@@H]2C(CO)=CC[C@H]12. The highest BCUT2D eigenvalue weighted by Gasteiger charge is 2.49. The molecule has 2 aliphatic heterocycles. The Labute approximate surface area is 228 Å². The summed E-state index contributed by atoms with van der Waals surface area (Å²) in [6.07, 6.45) is -3.77. The van der Waals surface area contributed by atoms with Crippen LogP contribution >= 0.6 is 0 Å². The van der Waals surface area contributed by atoms with Gasteiger partial charge in [-0.05, 0) is 23.6 Å². The number of allylic oxidation sites excluding steroid dienone is 1. The molecule has 216 valence electrons. The number of aromatic nitrogens is 1. The molecular weight excluding hydrogens is 528 g/mol. The molecule has 1 fully saturated rings. The number of carbonyl (C=O) groups is 2. The van der Waals surface area contributed by atoms with E-state index in [0.717, 1.165) is 22.7 Å². The highest BCUT2D eigenvalue weighted by atomic mass is 16.8. The number of rotatable bonds is 9. The Kier molecular flexibility index (Phi) is 8.24. The molecule has 40 heavy (non-hydrogen) atoms. The van der Waals surface area contributed by atoms with E-state index < -0.39 is 73.4 Å². The van der Waals surface area contributed by atoms with Crippen molar-refractivity contribution < 1.29 is 54.4 Å². The van der Waals surface area contributed by atoms with E-state index in [1.54, 1.807) is 12.3 Å². The van der Waals surface area contributed by atoms with Crippen LogP contribution in [0.2, 0.25) is 0 Å². The van der Waals surface area contributed by atoms with Gasteiger partial charge in [0.2, 0.25) is 6.29 Å². The van der Waals surface area contributed by atoms with Crippen molar-refractivity contribution in [2.75, 3.05) is 13.2 Å². The first-order valence-corrected chi connectivity index (χ1v) is 12.9. The quantitative estimate of drug-likeness (QED) is 0.172. The molecule has 0 bridgehead atoms. The number of hydrogen-bond acceptors (Lipinski definition) is 10. The number of ether oxygens (including phenoxy) is 3. The Hall–Kier alpha value is -3.30. The number of H-pyrrole nitrogens is 1. The lowest BCUT2D eigenvalue weighted by Gasteiger charge is -2.43. The molecule has 1 aromatic heterocycles. The van der Waals surface area contributed by atoms with Crippen molar-refractivity contribution in [1.29, 1.82) is 0 Å². The number of benzene rings is 1. The van der Waals surface area contributed by atoms with Gasteiger partial charge in [0, 0.05) is 29.4 Å². The number of carboxylic acids is 1. The number of hydrogen-bond donors (Lipinski definition) is 8. The first kappa shape index (κ1) is 28.2. The van der Waals surface area contributed by atoms with Gasteiger partial charge < -0.3 is 55.2 Å². The average molecular weight is 561 g/mol. The summed E-state index contributed by atoms with van der Waals surface area (Å²) in [6.45, 7) is -1.01. The van der Waals surface area contributed by atoms with Gasteiger partial charge in [-0.15, -0.1) is 0 Å². The van der Waals surface area contributed by atoms with E-state index in [1.165, 1.54) is 0 Å². The monoisotopic (exact) mass is 560 g/mol. The van der Waals surface area contributed by atoms with Crippen molar-refractivity contribution in [2.24, 2.45) is 11.8 Å². The summed E-state index contributed by atoms with van der Waals surface area (Å²) in [6, 6.07) is 6.19. The molecule has 13 nitrogen and oxygen atoms in total. The highest BCUT2D eigenvalue weighted by Crippen LogP contribution is 2.44. The molecule has 9 atom stereocenters. The van der Waals surface area contributed by atoms with Gasteiger partial charge >= 0.3 is 5.97 Å². The van der Waals surface area contributed by atoms with Crippen LogP contribution in [0, 0.1) is 11.8 Å². The number of para-hydroxylation sites is 1. The van der Waals surface area contributed by atoms with E-state index in [1.807, 2.05) is 24.3 Å². The fraction of sp³-hybridized carbons (Fsp3) is 0.481.